The Morgan fingerprint density at radius 1 is 1.40 bits per heavy atom. The average molecular weight is 245 g/mol. The average Bonchev–Trinajstić information content (AvgIpc) is 2.11. The summed E-state index contributed by atoms with van der Waals surface area (Å²) < 4.78 is 24.0. The number of aryl methyl sites for hydroxylation is 1. The van der Waals surface area contributed by atoms with Gasteiger partial charge in [-0.05, 0) is 19.1 Å². The lowest BCUT2D eigenvalue weighted by Gasteiger charge is -2.03. The van der Waals surface area contributed by atoms with E-state index in [4.69, 9.17) is 0 Å². The second-order valence-corrected chi connectivity index (χ2v) is 6.33. The van der Waals surface area contributed by atoms with Crippen LogP contribution in [0.2, 0.25) is 0 Å². The summed E-state index contributed by atoms with van der Waals surface area (Å²) in [7, 11) is -3.05. The maximum absolute atomic E-state index is 10.8. The Balaban J connectivity index is 2.32. The fourth-order valence-electron chi connectivity index (χ4n) is 1.10. The van der Waals surface area contributed by atoms with Crippen LogP contribution in [0.4, 0.5) is 0 Å². The first kappa shape index (κ1) is 12.5. The van der Waals surface area contributed by atoms with Crippen LogP contribution in [0.25, 0.3) is 0 Å². The molecule has 0 radical (unpaired) electrons. The quantitative estimate of drug-likeness (QED) is 0.633. The Morgan fingerprint density at radius 3 is 2.73 bits per heavy atom. The molecule has 0 saturated carbocycles. The van der Waals surface area contributed by atoms with Crippen molar-refractivity contribution in [2.24, 2.45) is 0 Å². The molecule has 84 valence electrons. The van der Waals surface area contributed by atoms with Gasteiger partial charge in [0.1, 0.15) is 0 Å². The van der Waals surface area contributed by atoms with Gasteiger partial charge in [-0.3, -0.25) is 0 Å². The van der Waals surface area contributed by atoms with Gasteiger partial charge in [-0.15, -0.1) is 11.8 Å². The summed E-state index contributed by atoms with van der Waals surface area (Å²) in [6.45, 7) is 2.51. The van der Waals surface area contributed by atoms with E-state index in [0.717, 1.165) is 5.75 Å². The Kier molecular flexibility index (Phi) is 4.63. The molecule has 0 aliphatic rings. The first-order valence-corrected chi connectivity index (χ1v) is 7.49. The number of hydrogen-bond acceptors (Lipinski definition) is 3. The molecule has 0 fully saturated rings. The van der Waals surface area contributed by atoms with Gasteiger partial charge >= 0.3 is 0 Å². The molecule has 0 spiro atoms. The molecule has 0 aromatic heterocycles. The second-order valence-electron chi connectivity index (χ2n) is 3.33. The maximum Gasteiger partial charge on any atom is 0.208 e. The van der Waals surface area contributed by atoms with Gasteiger partial charge in [-0.2, -0.15) is 0 Å². The Bertz CT molecular complexity index is 415. The van der Waals surface area contributed by atoms with Gasteiger partial charge in [-0.1, -0.05) is 17.7 Å². The summed E-state index contributed by atoms with van der Waals surface area (Å²) >= 11 is 1.65. The third-order valence-electron chi connectivity index (χ3n) is 1.72. The lowest BCUT2D eigenvalue weighted by atomic mass is 10.2. The van der Waals surface area contributed by atoms with Gasteiger partial charge in [0.05, 0.1) is 6.26 Å². The molecule has 0 bridgehead atoms. The van der Waals surface area contributed by atoms with Gasteiger partial charge in [0.2, 0.25) is 10.0 Å². The van der Waals surface area contributed by atoms with Crippen LogP contribution in [0.3, 0.4) is 0 Å². The Hall–Kier alpha value is -0.520. The third kappa shape index (κ3) is 5.81. The van der Waals surface area contributed by atoms with Crippen LogP contribution in [-0.2, 0) is 10.0 Å². The highest BCUT2D eigenvalue weighted by Crippen LogP contribution is 2.17. The number of thioether (sulfide) groups is 1. The van der Waals surface area contributed by atoms with E-state index in [-0.39, 0.29) is 0 Å². The van der Waals surface area contributed by atoms with E-state index >= 15 is 0 Å². The van der Waals surface area contributed by atoms with E-state index in [1.807, 2.05) is 25.1 Å². The second kappa shape index (κ2) is 5.53. The molecule has 0 aliphatic heterocycles. The van der Waals surface area contributed by atoms with Crippen molar-refractivity contribution in [2.75, 3.05) is 18.6 Å². The molecular formula is C10H15NO2S2. The minimum atomic E-state index is -3.05. The predicted octanol–water partition coefficient (Wildman–Crippen LogP) is 1.64. The van der Waals surface area contributed by atoms with Crippen LogP contribution >= 0.6 is 11.8 Å². The molecule has 5 heteroatoms. The van der Waals surface area contributed by atoms with Crippen LogP contribution < -0.4 is 4.72 Å². The zero-order valence-corrected chi connectivity index (χ0v) is 10.5. The fourth-order valence-corrected chi connectivity index (χ4v) is 2.59. The molecule has 0 heterocycles. The van der Waals surface area contributed by atoms with E-state index < -0.39 is 10.0 Å². The van der Waals surface area contributed by atoms with Crippen molar-refractivity contribution in [3.63, 3.8) is 0 Å². The maximum atomic E-state index is 10.8. The predicted molar refractivity (Wildman–Crippen MR) is 64.7 cm³/mol. The largest absolute Gasteiger partial charge is 0.215 e. The minimum absolute atomic E-state index is 0.470. The molecule has 1 rings (SSSR count). The molecule has 15 heavy (non-hydrogen) atoms. The number of rotatable bonds is 5. The molecule has 1 N–H and O–H groups in total. The van der Waals surface area contributed by atoms with Crippen LogP contribution in [0.5, 0.6) is 0 Å². The van der Waals surface area contributed by atoms with Crippen LogP contribution in [0.1, 0.15) is 5.56 Å². The molecule has 0 atom stereocenters. The minimum Gasteiger partial charge on any atom is -0.215 e. The van der Waals surface area contributed by atoms with Crippen molar-refractivity contribution in [3.05, 3.63) is 29.8 Å². The van der Waals surface area contributed by atoms with Crippen molar-refractivity contribution in [1.82, 2.24) is 4.72 Å². The molecule has 1 aromatic rings. The monoisotopic (exact) mass is 245 g/mol. The van der Waals surface area contributed by atoms with E-state index in [1.165, 1.54) is 16.7 Å². The van der Waals surface area contributed by atoms with E-state index in [0.29, 0.717) is 6.54 Å². The van der Waals surface area contributed by atoms with Gasteiger partial charge in [0.25, 0.3) is 0 Å². The van der Waals surface area contributed by atoms with Gasteiger partial charge in [-0.25, -0.2) is 13.1 Å². The zero-order chi connectivity index (χ0) is 11.3. The highest BCUT2D eigenvalue weighted by molar-refractivity contribution is 7.99. The first-order chi connectivity index (χ1) is 6.97. The molecule has 3 nitrogen and oxygen atoms in total. The molecule has 0 aliphatic carbocycles. The molecule has 1 aromatic carbocycles. The standard InChI is InChI=1S/C10H15NO2S2/c1-9-4-3-5-10(8-9)14-7-6-11-15(2,12)13/h3-5,8,11H,6-7H2,1-2H3. The SMILES string of the molecule is Cc1cccc(SCCNS(C)(=O)=O)c1. The van der Waals surface area contributed by atoms with Crippen molar-refractivity contribution >= 4 is 21.8 Å². The normalized spacial score (nSPS) is 11.6. The summed E-state index contributed by atoms with van der Waals surface area (Å²) in [4.78, 5) is 1.17. The smallest absolute Gasteiger partial charge is 0.208 e. The summed E-state index contributed by atoms with van der Waals surface area (Å²) in [5.41, 5.74) is 1.22. The number of benzene rings is 1. The Labute approximate surface area is 95.3 Å². The van der Waals surface area contributed by atoms with E-state index in [9.17, 15) is 8.42 Å². The van der Waals surface area contributed by atoms with E-state index in [1.54, 1.807) is 11.8 Å². The number of hydrogen-bond donors (Lipinski definition) is 1. The highest BCUT2D eigenvalue weighted by atomic mass is 32.2. The van der Waals surface area contributed by atoms with Crippen LogP contribution in [-0.4, -0.2) is 27.0 Å². The summed E-state index contributed by atoms with van der Waals surface area (Å²) in [5.74, 6) is 0.747. The van der Waals surface area contributed by atoms with Crippen molar-refractivity contribution in [1.29, 1.82) is 0 Å². The summed E-state index contributed by atoms with van der Waals surface area (Å²) in [6, 6.07) is 8.16. The first-order valence-electron chi connectivity index (χ1n) is 4.61. The van der Waals surface area contributed by atoms with E-state index in [2.05, 4.69) is 10.8 Å². The van der Waals surface area contributed by atoms with Crippen molar-refractivity contribution in [3.8, 4) is 0 Å². The number of nitrogens with one attached hydrogen (secondary N) is 1. The lowest BCUT2D eigenvalue weighted by Crippen LogP contribution is -2.24. The van der Waals surface area contributed by atoms with Gasteiger partial charge in [0.15, 0.2) is 0 Å². The topological polar surface area (TPSA) is 46.2 Å². The molecule has 0 amide bonds. The third-order valence-corrected chi connectivity index (χ3v) is 3.45. The van der Waals surface area contributed by atoms with Crippen LogP contribution in [0.15, 0.2) is 29.2 Å². The van der Waals surface area contributed by atoms with Crippen molar-refractivity contribution < 1.29 is 8.42 Å². The van der Waals surface area contributed by atoms with Gasteiger partial charge < -0.3 is 0 Å². The molecule has 0 saturated heterocycles. The van der Waals surface area contributed by atoms with Crippen molar-refractivity contribution in [2.45, 2.75) is 11.8 Å². The zero-order valence-electron chi connectivity index (χ0n) is 8.86. The lowest BCUT2D eigenvalue weighted by molar-refractivity contribution is 0.590. The molecular weight excluding hydrogens is 230 g/mol. The van der Waals surface area contributed by atoms with Gasteiger partial charge in [0, 0.05) is 17.2 Å². The molecule has 0 unspecified atom stereocenters. The Morgan fingerprint density at radius 2 is 2.13 bits per heavy atom. The summed E-state index contributed by atoms with van der Waals surface area (Å²) in [5, 5.41) is 0. The van der Waals surface area contributed by atoms with Crippen LogP contribution in [0, 0.1) is 6.92 Å². The summed E-state index contributed by atoms with van der Waals surface area (Å²) in [6.07, 6.45) is 1.17. The highest BCUT2D eigenvalue weighted by Gasteiger charge is 1.99. The number of sulfonamides is 1. The fraction of sp³-hybridized carbons (Fsp3) is 0.400.